The number of rotatable bonds is 7. The van der Waals surface area contributed by atoms with Crippen molar-refractivity contribution in [3.05, 3.63) is 57.6 Å². The van der Waals surface area contributed by atoms with Gasteiger partial charge in [0.25, 0.3) is 5.91 Å². The minimum atomic E-state index is -0.366. The van der Waals surface area contributed by atoms with Crippen LogP contribution < -0.4 is 0 Å². The number of benzene rings is 2. The number of piperazine rings is 1. The molecule has 0 spiro atoms. The van der Waals surface area contributed by atoms with Crippen molar-refractivity contribution in [1.82, 2.24) is 14.7 Å². The molecule has 0 radical (unpaired) electrons. The van der Waals surface area contributed by atoms with Crippen molar-refractivity contribution < 1.29 is 19.1 Å². The minimum Gasteiger partial charge on any atom is -0.393 e. The summed E-state index contributed by atoms with van der Waals surface area (Å²) in [6, 6.07) is 11.4. The molecule has 3 fully saturated rings. The van der Waals surface area contributed by atoms with E-state index in [9.17, 15) is 19.1 Å². The second-order valence-corrected chi connectivity index (χ2v) is 11.8. The Morgan fingerprint density at radius 3 is 2.15 bits per heavy atom. The number of carbonyl (C=O) groups excluding carboxylic acids is 2. The molecule has 2 amide bonds. The molecule has 0 aromatic heterocycles. The normalized spacial score (nSPS) is 24.4. The second-order valence-electron chi connectivity index (χ2n) is 11.0. The predicted octanol–water partition coefficient (Wildman–Crippen LogP) is 5.08. The van der Waals surface area contributed by atoms with Crippen LogP contribution in [0.3, 0.4) is 0 Å². The maximum absolute atomic E-state index is 13.2. The van der Waals surface area contributed by atoms with Crippen molar-refractivity contribution in [2.45, 2.75) is 50.7 Å². The summed E-state index contributed by atoms with van der Waals surface area (Å²) >= 11 is 13.4. The number of hydrogen-bond donors (Lipinski definition) is 1. The number of nitrogens with zero attached hydrogens (tertiary/aromatic N) is 3. The van der Waals surface area contributed by atoms with Gasteiger partial charge in [0.15, 0.2) is 0 Å². The number of amides is 2. The third kappa shape index (κ3) is 6.43. The first kappa shape index (κ1) is 28.3. The van der Waals surface area contributed by atoms with Gasteiger partial charge in [0.1, 0.15) is 6.67 Å². The maximum Gasteiger partial charge on any atom is 0.253 e. The van der Waals surface area contributed by atoms with Gasteiger partial charge in [-0.1, -0.05) is 35.3 Å². The smallest absolute Gasteiger partial charge is 0.253 e. The van der Waals surface area contributed by atoms with Gasteiger partial charge in [-0.25, -0.2) is 4.39 Å². The van der Waals surface area contributed by atoms with Crippen LogP contribution in [0.5, 0.6) is 0 Å². The largest absolute Gasteiger partial charge is 0.393 e. The number of aliphatic hydroxyl groups excluding tert-OH is 1. The highest BCUT2D eigenvalue weighted by atomic mass is 35.5. The third-order valence-corrected chi connectivity index (χ3v) is 9.25. The van der Waals surface area contributed by atoms with Gasteiger partial charge in [-0.2, -0.15) is 0 Å². The van der Waals surface area contributed by atoms with E-state index in [1.165, 1.54) is 0 Å². The zero-order valence-corrected chi connectivity index (χ0v) is 23.6. The van der Waals surface area contributed by atoms with Crippen LogP contribution >= 0.6 is 23.2 Å². The number of carbonyl (C=O) groups is 2. The summed E-state index contributed by atoms with van der Waals surface area (Å²) in [6.45, 7) is 3.36. The monoisotopic (exact) mass is 575 g/mol. The highest BCUT2D eigenvalue weighted by Gasteiger charge is 2.37. The minimum absolute atomic E-state index is 0.0208. The summed E-state index contributed by atoms with van der Waals surface area (Å²) in [4.78, 5) is 32.0. The first-order valence-corrected chi connectivity index (χ1v) is 14.7. The maximum atomic E-state index is 13.2. The Hall–Kier alpha value is -2.19. The molecule has 2 aromatic rings. The molecule has 0 bridgehead atoms. The van der Waals surface area contributed by atoms with Crippen LogP contribution in [0.2, 0.25) is 10.0 Å². The summed E-state index contributed by atoms with van der Waals surface area (Å²) in [7, 11) is 0. The van der Waals surface area contributed by atoms with Gasteiger partial charge in [0.05, 0.1) is 6.10 Å². The topological polar surface area (TPSA) is 64.1 Å². The Kier molecular flexibility index (Phi) is 9.12. The number of likely N-dealkylation sites (tertiary alicyclic amines) is 1. The SMILES string of the molecule is O=C(c1ccc(-c2cc(Cl)c(CC3CCN([C@H]4CC[C@@H](O)CC4)C3=O)c(Cl)c2)cc1)N1CCN(CCF)CC1. The summed E-state index contributed by atoms with van der Waals surface area (Å²) in [5.74, 6) is 0.00561. The van der Waals surface area contributed by atoms with Crippen LogP contribution in [0.25, 0.3) is 11.1 Å². The van der Waals surface area contributed by atoms with Gasteiger partial charge < -0.3 is 14.9 Å². The fourth-order valence-corrected chi connectivity index (χ4v) is 6.82. The van der Waals surface area contributed by atoms with E-state index in [4.69, 9.17) is 23.2 Å². The third-order valence-electron chi connectivity index (χ3n) is 8.57. The van der Waals surface area contributed by atoms with Crippen molar-refractivity contribution in [2.75, 3.05) is 45.9 Å². The molecule has 6 nitrogen and oxygen atoms in total. The number of hydrogen-bond acceptors (Lipinski definition) is 4. The summed E-state index contributed by atoms with van der Waals surface area (Å²) in [5, 5.41) is 10.9. The Bertz CT molecular complexity index is 1160. The van der Waals surface area contributed by atoms with Crippen molar-refractivity contribution in [2.24, 2.45) is 5.92 Å². The van der Waals surface area contributed by atoms with Crippen molar-refractivity contribution in [1.29, 1.82) is 0 Å². The molecule has 2 saturated heterocycles. The van der Waals surface area contributed by atoms with Crippen LogP contribution in [-0.4, -0.2) is 89.7 Å². The van der Waals surface area contributed by atoms with Crippen LogP contribution in [-0.2, 0) is 11.2 Å². The fraction of sp³-hybridized carbons (Fsp3) is 0.533. The van der Waals surface area contributed by atoms with Gasteiger partial charge in [0, 0.05) is 66.8 Å². The molecule has 39 heavy (non-hydrogen) atoms. The average molecular weight is 577 g/mol. The van der Waals surface area contributed by atoms with Gasteiger partial charge in [-0.3, -0.25) is 14.5 Å². The molecule has 9 heteroatoms. The first-order valence-electron chi connectivity index (χ1n) is 14.0. The molecule has 5 rings (SSSR count). The summed E-state index contributed by atoms with van der Waals surface area (Å²) in [5.41, 5.74) is 3.16. The average Bonchev–Trinajstić information content (AvgIpc) is 3.31. The predicted molar refractivity (Wildman–Crippen MR) is 152 cm³/mol. The van der Waals surface area contributed by atoms with Gasteiger partial charge >= 0.3 is 0 Å². The molecular weight excluding hydrogens is 540 g/mol. The lowest BCUT2D eigenvalue weighted by atomic mass is 9.92. The van der Waals surface area contributed by atoms with E-state index in [1.54, 1.807) is 0 Å². The Morgan fingerprint density at radius 1 is 0.897 bits per heavy atom. The van der Waals surface area contributed by atoms with Gasteiger partial charge in [-0.05, 0) is 79.5 Å². The van der Waals surface area contributed by atoms with Gasteiger partial charge in [-0.15, -0.1) is 0 Å². The quantitative estimate of drug-likeness (QED) is 0.500. The van der Waals surface area contributed by atoms with Crippen LogP contribution in [0.15, 0.2) is 36.4 Å². The highest BCUT2D eigenvalue weighted by Crippen LogP contribution is 2.36. The molecular formula is C30H36Cl2FN3O3. The molecule has 1 aliphatic carbocycles. The fourth-order valence-electron chi connectivity index (χ4n) is 6.18. The molecule has 1 atom stereocenters. The zero-order chi connectivity index (χ0) is 27.5. The van der Waals surface area contributed by atoms with E-state index in [0.29, 0.717) is 54.8 Å². The Morgan fingerprint density at radius 2 is 1.54 bits per heavy atom. The van der Waals surface area contributed by atoms with Crippen LogP contribution in [0.4, 0.5) is 4.39 Å². The lowest BCUT2D eigenvalue weighted by Gasteiger charge is -2.34. The molecule has 2 heterocycles. The van der Waals surface area contributed by atoms with E-state index in [-0.39, 0.29) is 36.6 Å². The molecule has 1 unspecified atom stereocenters. The highest BCUT2D eigenvalue weighted by molar-refractivity contribution is 6.36. The molecule has 1 saturated carbocycles. The summed E-state index contributed by atoms with van der Waals surface area (Å²) < 4.78 is 12.6. The zero-order valence-electron chi connectivity index (χ0n) is 22.1. The van der Waals surface area contributed by atoms with Crippen molar-refractivity contribution >= 4 is 35.0 Å². The molecule has 2 aliphatic heterocycles. The van der Waals surface area contributed by atoms with Gasteiger partial charge in [0.2, 0.25) is 5.91 Å². The molecule has 2 aromatic carbocycles. The van der Waals surface area contributed by atoms with E-state index in [0.717, 1.165) is 55.3 Å². The van der Waals surface area contributed by atoms with Crippen molar-refractivity contribution in [3.63, 3.8) is 0 Å². The Labute approximate surface area is 239 Å². The first-order chi connectivity index (χ1) is 18.8. The molecule has 3 aliphatic rings. The van der Waals surface area contributed by atoms with Crippen LogP contribution in [0.1, 0.15) is 48.0 Å². The number of alkyl halides is 1. The lowest BCUT2D eigenvalue weighted by Crippen LogP contribution is -2.49. The lowest BCUT2D eigenvalue weighted by molar-refractivity contribution is -0.133. The van der Waals surface area contributed by atoms with E-state index < -0.39 is 0 Å². The van der Waals surface area contributed by atoms with E-state index in [2.05, 4.69) is 0 Å². The number of halogens is 3. The number of aliphatic hydroxyl groups is 1. The standard InChI is InChI=1S/C30H36Cl2FN3O3/c31-27-18-23(20-1-3-21(4-2-20)29(38)35-15-13-34(12-10-33)14-16-35)19-28(32)26(27)17-22-9-11-36(30(22)39)24-5-7-25(37)8-6-24/h1-4,18-19,22,24-25,37H,5-17H2/t22?,24-,25+. The Balaban J connectivity index is 1.22. The van der Waals surface area contributed by atoms with Crippen LogP contribution in [0, 0.1) is 5.92 Å². The van der Waals surface area contributed by atoms with E-state index in [1.807, 2.05) is 51.1 Å². The molecule has 1 N–H and O–H groups in total. The van der Waals surface area contributed by atoms with E-state index >= 15 is 0 Å². The summed E-state index contributed by atoms with van der Waals surface area (Å²) in [6.07, 6.45) is 4.28. The second kappa shape index (κ2) is 12.5. The molecule has 210 valence electrons. The van der Waals surface area contributed by atoms with Crippen molar-refractivity contribution in [3.8, 4) is 11.1 Å².